The highest BCUT2D eigenvalue weighted by Crippen LogP contribution is 2.21. The maximum atomic E-state index is 13.3. The van der Waals surface area contributed by atoms with Crippen molar-refractivity contribution in [2.24, 2.45) is 0 Å². The van der Waals surface area contributed by atoms with E-state index in [0.717, 1.165) is 6.42 Å². The van der Waals surface area contributed by atoms with E-state index in [2.05, 4.69) is 15.6 Å². The molecule has 3 amide bonds. The van der Waals surface area contributed by atoms with E-state index in [1.165, 1.54) is 4.68 Å². The number of carbonyl (C=O) groups is 3. The molecule has 1 aliphatic heterocycles. The second-order valence-electron chi connectivity index (χ2n) is 10.6. The molecule has 1 fully saturated rings. The van der Waals surface area contributed by atoms with Crippen LogP contribution < -0.4 is 5.32 Å². The van der Waals surface area contributed by atoms with Crippen LogP contribution in [0, 0.1) is 0 Å². The number of nitrogens with zero attached hydrogens (tertiary/aromatic N) is 5. The Labute approximate surface area is 206 Å². The third-order valence-electron chi connectivity index (χ3n) is 5.17. The Bertz CT molecular complexity index is 867. The molecule has 198 valence electrons. The summed E-state index contributed by atoms with van der Waals surface area (Å²) in [5.74, 6) is -0.118. The Balaban J connectivity index is 2.05. The van der Waals surface area contributed by atoms with Crippen LogP contribution in [0.4, 0.5) is 9.59 Å². The Morgan fingerprint density at radius 2 is 1.60 bits per heavy atom. The average molecular weight is 497 g/mol. The van der Waals surface area contributed by atoms with Crippen LogP contribution in [-0.4, -0.2) is 92.0 Å². The van der Waals surface area contributed by atoms with Crippen molar-refractivity contribution in [3.63, 3.8) is 0 Å². The highest BCUT2D eigenvalue weighted by molar-refractivity contribution is 5.80. The molecule has 2 heterocycles. The van der Waals surface area contributed by atoms with Gasteiger partial charge in [-0.2, -0.15) is 0 Å². The van der Waals surface area contributed by atoms with Gasteiger partial charge in [0.25, 0.3) is 0 Å². The topological polar surface area (TPSA) is 139 Å². The molecule has 1 aromatic heterocycles. The quantitative estimate of drug-likeness (QED) is 0.586. The lowest BCUT2D eigenvalue weighted by molar-refractivity contribution is -0.137. The summed E-state index contributed by atoms with van der Waals surface area (Å²) in [6.45, 7) is 13.8. The summed E-state index contributed by atoms with van der Waals surface area (Å²) in [4.78, 5) is 41.1. The van der Waals surface area contributed by atoms with E-state index in [4.69, 9.17) is 9.47 Å². The van der Waals surface area contributed by atoms with Gasteiger partial charge in [0.2, 0.25) is 5.91 Å². The Morgan fingerprint density at radius 3 is 2.11 bits per heavy atom. The summed E-state index contributed by atoms with van der Waals surface area (Å²) in [5.41, 5.74) is -0.943. The predicted octanol–water partition coefficient (Wildman–Crippen LogP) is 2.26. The molecule has 12 nitrogen and oxygen atoms in total. The molecule has 2 atom stereocenters. The summed E-state index contributed by atoms with van der Waals surface area (Å²) in [6.07, 6.45) is 1.77. The van der Waals surface area contributed by atoms with Crippen LogP contribution in [0.25, 0.3) is 0 Å². The number of aromatic nitrogens is 3. The minimum absolute atomic E-state index is 0.118. The molecular formula is C23H40N6O6. The molecule has 12 heteroatoms. The van der Waals surface area contributed by atoms with Crippen molar-refractivity contribution < 1.29 is 29.0 Å². The van der Waals surface area contributed by atoms with Crippen LogP contribution in [0.5, 0.6) is 0 Å². The number of amides is 3. The van der Waals surface area contributed by atoms with E-state index in [1.54, 1.807) is 36.8 Å². The summed E-state index contributed by atoms with van der Waals surface area (Å²) < 4.78 is 12.1. The van der Waals surface area contributed by atoms with Crippen molar-refractivity contribution in [3.05, 3.63) is 11.9 Å². The Morgan fingerprint density at radius 1 is 1.03 bits per heavy atom. The van der Waals surface area contributed by atoms with E-state index in [9.17, 15) is 19.5 Å². The Kier molecular flexibility index (Phi) is 9.47. The SMILES string of the molecule is CCC[C@@H](C(=O)N1CCN(C(=O)OC(C)(C)C)CC1)n1cc([C@H](CO)NC(=O)OC(C)(C)C)nn1. The first-order valence-electron chi connectivity index (χ1n) is 12.0. The number of hydrogen-bond acceptors (Lipinski definition) is 8. The summed E-state index contributed by atoms with van der Waals surface area (Å²) in [7, 11) is 0. The van der Waals surface area contributed by atoms with Crippen molar-refractivity contribution in [1.82, 2.24) is 30.1 Å². The zero-order valence-corrected chi connectivity index (χ0v) is 21.9. The lowest BCUT2D eigenvalue weighted by Crippen LogP contribution is -2.53. The van der Waals surface area contributed by atoms with Crippen molar-refractivity contribution in [3.8, 4) is 0 Å². The fraction of sp³-hybridized carbons (Fsp3) is 0.783. The minimum atomic E-state index is -0.826. The highest BCUT2D eigenvalue weighted by atomic mass is 16.6. The molecule has 2 N–H and O–H groups in total. The summed E-state index contributed by atoms with van der Waals surface area (Å²) in [6, 6.07) is -1.41. The van der Waals surface area contributed by atoms with E-state index in [-0.39, 0.29) is 12.0 Å². The smallest absolute Gasteiger partial charge is 0.410 e. The first-order chi connectivity index (χ1) is 16.2. The fourth-order valence-corrected chi connectivity index (χ4v) is 3.55. The zero-order chi connectivity index (χ0) is 26.4. The molecule has 0 aliphatic carbocycles. The molecule has 1 aromatic rings. The van der Waals surface area contributed by atoms with E-state index < -0.39 is 36.0 Å². The number of ether oxygens (including phenoxy) is 2. The third kappa shape index (κ3) is 8.68. The normalized spacial score (nSPS) is 16.5. The van der Waals surface area contributed by atoms with Gasteiger partial charge < -0.3 is 29.7 Å². The van der Waals surface area contributed by atoms with Crippen molar-refractivity contribution in [1.29, 1.82) is 0 Å². The first kappa shape index (κ1) is 28.3. The second kappa shape index (κ2) is 11.7. The van der Waals surface area contributed by atoms with Gasteiger partial charge in [-0.15, -0.1) is 5.10 Å². The minimum Gasteiger partial charge on any atom is -0.444 e. The van der Waals surface area contributed by atoms with Gasteiger partial charge in [0.05, 0.1) is 12.8 Å². The van der Waals surface area contributed by atoms with Gasteiger partial charge in [0.1, 0.15) is 29.0 Å². The molecule has 1 saturated heterocycles. The van der Waals surface area contributed by atoms with Crippen LogP contribution in [0.1, 0.15) is 79.1 Å². The maximum absolute atomic E-state index is 13.3. The van der Waals surface area contributed by atoms with E-state index in [1.807, 2.05) is 27.7 Å². The molecule has 1 aliphatic rings. The van der Waals surface area contributed by atoms with Crippen molar-refractivity contribution >= 4 is 18.1 Å². The largest absolute Gasteiger partial charge is 0.444 e. The molecule has 35 heavy (non-hydrogen) atoms. The van der Waals surface area contributed by atoms with E-state index >= 15 is 0 Å². The van der Waals surface area contributed by atoms with Crippen LogP contribution in [-0.2, 0) is 14.3 Å². The molecule has 0 saturated carbocycles. The zero-order valence-electron chi connectivity index (χ0n) is 21.9. The lowest BCUT2D eigenvalue weighted by atomic mass is 10.1. The van der Waals surface area contributed by atoms with Crippen LogP contribution in [0.2, 0.25) is 0 Å². The average Bonchev–Trinajstić information content (AvgIpc) is 3.22. The number of aliphatic hydroxyl groups is 1. The van der Waals surface area contributed by atoms with Gasteiger partial charge >= 0.3 is 12.2 Å². The Hall–Kier alpha value is -2.89. The molecule has 0 spiro atoms. The molecule has 0 unspecified atom stereocenters. The van der Waals surface area contributed by atoms with Gasteiger partial charge in [-0.3, -0.25) is 4.79 Å². The van der Waals surface area contributed by atoms with Crippen LogP contribution in [0.15, 0.2) is 6.20 Å². The number of alkyl carbamates (subject to hydrolysis) is 1. The number of nitrogens with one attached hydrogen (secondary N) is 1. The monoisotopic (exact) mass is 496 g/mol. The molecule has 0 aromatic carbocycles. The van der Waals surface area contributed by atoms with Crippen LogP contribution >= 0.6 is 0 Å². The number of rotatable bonds is 7. The molecule has 0 bridgehead atoms. The third-order valence-corrected chi connectivity index (χ3v) is 5.17. The second-order valence-corrected chi connectivity index (χ2v) is 10.6. The maximum Gasteiger partial charge on any atom is 0.410 e. The number of aliphatic hydroxyl groups excluding tert-OH is 1. The van der Waals surface area contributed by atoms with Crippen LogP contribution in [0.3, 0.4) is 0 Å². The van der Waals surface area contributed by atoms with Gasteiger partial charge in [-0.25, -0.2) is 14.3 Å². The highest BCUT2D eigenvalue weighted by Gasteiger charge is 2.32. The summed E-state index contributed by atoms with van der Waals surface area (Å²) in [5, 5.41) is 20.5. The number of piperazine rings is 1. The molecule has 0 radical (unpaired) electrons. The molecule has 2 rings (SSSR count). The lowest BCUT2D eigenvalue weighted by Gasteiger charge is -2.37. The van der Waals surface area contributed by atoms with Gasteiger partial charge in [-0.05, 0) is 48.0 Å². The van der Waals surface area contributed by atoms with Gasteiger partial charge in [0, 0.05) is 26.2 Å². The van der Waals surface area contributed by atoms with E-state index in [0.29, 0.717) is 38.3 Å². The number of carbonyl (C=O) groups excluding carboxylic acids is 3. The van der Waals surface area contributed by atoms with Crippen molar-refractivity contribution in [2.45, 2.75) is 84.6 Å². The predicted molar refractivity (Wildman–Crippen MR) is 128 cm³/mol. The van der Waals surface area contributed by atoms with Crippen molar-refractivity contribution in [2.75, 3.05) is 32.8 Å². The first-order valence-corrected chi connectivity index (χ1v) is 12.0. The number of hydrogen-bond donors (Lipinski definition) is 2. The molecular weight excluding hydrogens is 456 g/mol. The fourth-order valence-electron chi connectivity index (χ4n) is 3.55. The van der Waals surface area contributed by atoms with Gasteiger partial charge in [-0.1, -0.05) is 18.6 Å². The summed E-state index contributed by atoms with van der Waals surface area (Å²) >= 11 is 0. The van der Waals surface area contributed by atoms with Gasteiger partial charge in [0.15, 0.2) is 0 Å². The standard InChI is InChI=1S/C23H40N6O6/c1-8-9-18(19(31)27-10-12-28(13-11-27)21(33)35-23(5,6)7)29-14-16(25-26-29)17(15-30)24-20(32)34-22(2,3)4/h14,17-18,30H,8-13,15H2,1-7H3,(H,24,32)/t17-,18-/m0/s1.